The zero-order valence-corrected chi connectivity index (χ0v) is 11.9. The van der Waals surface area contributed by atoms with Crippen molar-refractivity contribution >= 4 is 5.96 Å². The predicted octanol–water partition coefficient (Wildman–Crippen LogP) is 0.790. The van der Waals surface area contributed by atoms with Crippen LogP contribution in [-0.2, 0) is 11.3 Å². The maximum Gasteiger partial charge on any atom is 0.213 e. The lowest BCUT2D eigenvalue weighted by Crippen LogP contribution is -2.43. The Kier molecular flexibility index (Phi) is 6.67. The number of guanidine groups is 1. The van der Waals surface area contributed by atoms with Crippen LogP contribution in [-0.4, -0.2) is 44.9 Å². The van der Waals surface area contributed by atoms with Crippen molar-refractivity contribution in [1.29, 1.82) is 0 Å². The molecule has 0 aliphatic heterocycles. The lowest BCUT2D eigenvalue weighted by Gasteiger charge is -2.17. The van der Waals surface area contributed by atoms with Crippen LogP contribution in [0.3, 0.4) is 0 Å². The number of nitrogens with zero attached hydrogens (tertiary/aromatic N) is 2. The maximum absolute atomic E-state index is 5.08. The minimum Gasteiger partial charge on any atom is -0.481 e. The molecule has 0 fully saturated rings. The normalized spacial score (nSPS) is 12.9. The molecule has 1 atom stereocenters. The number of methoxy groups -OCH3 is 2. The molecule has 6 nitrogen and oxygen atoms in total. The van der Waals surface area contributed by atoms with Crippen LogP contribution in [0.5, 0.6) is 5.88 Å². The van der Waals surface area contributed by atoms with Crippen LogP contribution in [0.25, 0.3) is 0 Å². The summed E-state index contributed by atoms with van der Waals surface area (Å²) >= 11 is 0. The molecule has 0 aliphatic rings. The van der Waals surface area contributed by atoms with Crippen LogP contribution >= 0.6 is 0 Å². The van der Waals surface area contributed by atoms with Gasteiger partial charge in [-0.2, -0.15) is 0 Å². The minimum atomic E-state index is 0.197. The summed E-state index contributed by atoms with van der Waals surface area (Å²) in [6, 6.07) is 4.02. The molecular formula is C13H22N4O2. The molecule has 6 heteroatoms. The van der Waals surface area contributed by atoms with Crippen molar-refractivity contribution in [1.82, 2.24) is 15.6 Å². The third-order valence-corrected chi connectivity index (χ3v) is 2.49. The van der Waals surface area contributed by atoms with Crippen molar-refractivity contribution in [3.05, 3.63) is 23.9 Å². The van der Waals surface area contributed by atoms with E-state index < -0.39 is 0 Å². The zero-order chi connectivity index (χ0) is 14.1. The Morgan fingerprint density at radius 3 is 2.89 bits per heavy atom. The molecule has 0 aliphatic carbocycles. The van der Waals surface area contributed by atoms with Gasteiger partial charge >= 0.3 is 0 Å². The number of rotatable bonds is 6. The first-order valence-electron chi connectivity index (χ1n) is 6.14. The monoisotopic (exact) mass is 266 g/mol. The largest absolute Gasteiger partial charge is 0.481 e. The second-order valence-corrected chi connectivity index (χ2v) is 4.13. The summed E-state index contributed by atoms with van der Waals surface area (Å²) in [5, 5.41) is 6.46. The van der Waals surface area contributed by atoms with Gasteiger partial charge in [-0.3, -0.25) is 4.99 Å². The van der Waals surface area contributed by atoms with E-state index in [1.165, 1.54) is 0 Å². The Labute approximate surface area is 114 Å². The third-order valence-electron chi connectivity index (χ3n) is 2.49. The average Bonchev–Trinajstić information content (AvgIpc) is 2.44. The van der Waals surface area contributed by atoms with Crippen LogP contribution in [0.15, 0.2) is 23.3 Å². The fraction of sp³-hybridized carbons (Fsp3) is 0.538. The summed E-state index contributed by atoms with van der Waals surface area (Å²) < 4.78 is 10.2. The molecule has 19 heavy (non-hydrogen) atoms. The van der Waals surface area contributed by atoms with Crippen molar-refractivity contribution in [3.63, 3.8) is 0 Å². The number of hydrogen-bond acceptors (Lipinski definition) is 4. The topological polar surface area (TPSA) is 67.8 Å². The molecule has 1 aromatic heterocycles. The van der Waals surface area contributed by atoms with Gasteiger partial charge in [-0.25, -0.2) is 4.98 Å². The Morgan fingerprint density at radius 2 is 2.26 bits per heavy atom. The Morgan fingerprint density at radius 1 is 1.47 bits per heavy atom. The zero-order valence-electron chi connectivity index (χ0n) is 11.9. The Balaban J connectivity index is 2.49. The van der Waals surface area contributed by atoms with E-state index in [9.17, 15) is 0 Å². The summed E-state index contributed by atoms with van der Waals surface area (Å²) in [4.78, 5) is 8.23. The van der Waals surface area contributed by atoms with E-state index in [-0.39, 0.29) is 6.04 Å². The summed E-state index contributed by atoms with van der Waals surface area (Å²) in [7, 11) is 5.02. The molecule has 106 valence electrons. The van der Waals surface area contributed by atoms with Crippen molar-refractivity contribution in [2.24, 2.45) is 4.99 Å². The first-order valence-corrected chi connectivity index (χ1v) is 6.14. The summed E-state index contributed by atoms with van der Waals surface area (Å²) in [5.41, 5.74) is 1.08. The average molecular weight is 266 g/mol. The fourth-order valence-corrected chi connectivity index (χ4v) is 1.58. The minimum absolute atomic E-state index is 0.197. The molecule has 1 rings (SSSR count). The van der Waals surface area contributed by atoms with Gasteiger partial charge in [-0.1, -0.05) is 0 Å². The van der Waals surface area contributed by atoms with Gasteiger partial charge in [0.05, 0.1) is 13.7 Å². The number of aliphatic imine (C=N–C) groups is 1. The molecule has 0 saturated carbocycles. The van der Waals surface area contributed by atoms with Gasteiger partial charge in [0.1, 0.15) is 0 Å². The molecule has 1 unspecified atom stereocenters. The number of aromatic nitrogens is 1. The van der Waals surface area contributed by atoms with Gasteiger partial charge in [0.15, 0.2) is 5.96 Å². The van der Waals surface area contributed by atoms with Gasteiger partial charge in [0, 0.05) is 39.0 Å². The number of hydrogen-bond donors (Lipinski definition) is 2. The second-order valence-electron chi connectivity index (χ2n) is 4.13. The van der Waals surface area contributed by atoms with E-state index in [1.807, 2.05) is 19.1 Å². The molecule has 2 N–H and O–H groups in total. The third kappa shape index (κ3) is 5.56. The first kappa shape index (κ1) is 15.2. The van der Waals surface area contributed by atoms with E-state index in [1.54, 1.807) is 27.5 Å². The van der Waals surface area contributed by atoms with E-state index in [0.717, 1.165) is 11.5 Å². The van der Waals surface area contributed by atoms with E-state index in [4.69, 9.17) is 9.47 Å². The molecule has 1 heterocycles. The van der Waals surface area contributed by atoms with Crippen LogP contribution in [0.4, 0.5) is 0 Å². The highest BCUT2D eigenvalue weighted by Crippen LogP contribution is 2.07. The summed E-state index contributed by atoms with van der Waals surface area (Å²) in [6.07, 6.45) is 1.72. The van der Waals surface area contributed by atoms with E-state index in [0.29, 0.717) is 19.0 Å². The van der Waals surface area contributed by atoms with Crippen LogP contribution in [0.1, 0.15) is 12.5 Å². The van der Waals surface area contributed by atoms with Gasteiger partial charge in [-0.05, 0) is 18.6 Å². The molecule has 0 radical (unpaired) electrons. The van der Waals surface area contributed by atoms with Gasteiger partial charge in [-0.15, -0.1) is 0 Å². The molecule has 0 aromatic carbocycles. The standard InChI is InChI=1S/C13H22N4O2/c1-10(9-18-3)17-13(14-2)16-8-11-5-6-15-12(7-11)19-4/h5-7,10H,8-9H2,1-4H3,(H2,14,16,17). The van der Waals surface area contributed by atoms with E-state index >= 15 is 0 Å². The molecule has 1 aromatic rings. The molecule has 0 saturated heterocycles. The van der Waals surface area contributed by atoms with Crippen LogP contribution < -0.4 is 15.4 Å². The fourth-order valence-electron chi connectivity index (χ4n) is 1.58. The number of ether oxygens (including phenoxy) is 2. The molecule has 0 amide bonds. The molecular weight excluding hydrogens is 244 g/mol. The maximum atomic E-state index is 5.08. The highest BCUT2D eigenvalue weighted by Gasteiger charge is 2.04. The smallest absolute Gasteiger partial charge is 0.213 e. The molecule has 0 bridgehead atoms. The quantitative estimate of drug-likeness (QED) is 0.588. The lowest BCUT2D eigenvalue weighted by molar-refractivity contribution is 0.179. The number of nitrogens with one attached hydrogen (secondary N) is 2. The predicted molar refractivity (Wildman–Crippen MR) is 75.5 cm³/mol. The van der Waals surface area contributed by atoms with Gasteiger partial charge < -0.3 is 20.1 Å². The highest BCUT2D eigenvalue weighted by atomic mass is 16.5. The van der Waals surface area contributed by atoms with Crippen molar-refractivity contribution in [3.8, 4) is 5.88 Å². The van der Waals surface area contributed by atoms with Gasteiger partial charge in [0.2, 0.25) is 5.88 Å². The second kappa shape index (κ2) is 8.31. The van der Waals surface area contributed by atoms with Crippen LogP contribution in [0, 0.1) is 0 Å². The Bertz CT molecular complexity index is 409. The van der Waals surface area contributed by atoms with E-state index in [2.05, 4.69) is 20.6 Å². The summed E-state index contributed by atoms with van der Waals surface area (Å²) in [6.45, 7) is 3.31. The van der Waals surface area contributed by atoms with Crippen molar-refractivity contribution < 1.29 is 9.47 Å². The van der Waals surface area contributed by atoms with Crippen molar-refractivity contribution in [2.45, 2.75) is 19.5 Å². The SMILES string of the molecule is CN=C(NCc1ccnc(OC)c1)NC(C)COC. The highest BCUT2D eigenvalue weighted by molar-refractivity contribution is 5.79. The van der Waals surface area contributed by atoms with Crippen molar-refractivity contribution in [2.75, 3.05) is 27.9 Å². The van der Waals surface area contributed by atoms with Gasteiger partial charge in [0.25, 0.3) is 0 Å². The molecule has 0 spiro atoms. The van der Waals surface area contributed by atoms with Crippen LogP contribution in [0.2, 0.25) is 0 Å². The lowest BCUT2D eigenvalue weighted by atomic mass is 10.2. The first-order chi connectivity index (χ1) is 9.19. The summed E-state index contributed by atoms with van der Waals surface area (Å²) in [5.74, 6) is 1.34. The number of pyridine rings is 1. The Hall–Kier alpha value is -1.82.